The third-order valence-electron chi connectivity index (χ3n) is 6.21. The van der Waals surface area contributed by atoms with E-state index in [1.165, 1.54) is 16.9 Å². The van der Waals surface area contributed by atoms with E-state index >= 15 is 0 Å². The summed E-state index contributed by atoms with van der Waals surface area (Å²) in [6.45, 7) is 2.92. The maximum absolute atomic E-state index is 12.8. The molecule has 2 aromatic carbocycles. The van der Waals surface area contributed by atoms with Crippen molar-refractivity contribution in [1.29, 1.82) is 0 Å². The van der Waals surface area contributed by atoms with Crippen molar-refractivity contribution in [2.24, 2.45) is 0 Å². The number of rotatable bonds is 7. The van der Waals surface area contributed by atoms with Crippen LogP contribution in [0.3, 0.4) is 0 Å². The van der Waals surface area contributed by atoms with Crippen molar-refractivity contribution in [3.63, 3.8) is 0 Å². The molecule has 2 aliphatic rings. The maximum Gasteiger partial charge on any atom is 0.263 e. The van der Waals surface area contributed by atoms with Crippen molar-refractivity contribution >= 4 is 23.2 Å². The lowest BCUT2D eigenvalue weighted by atomic mass is 10.0. The van der Waals surface area contributed by atoms with Gasteiger partial charge in [0.1, 0.15) is 9.88 Å². The highest BCUT2D eigenvalue weighted by Crippen LogP contribution is 2.26. The summed E-state index contributed by atoms with van der Waals surface area (Å²) in [6.07, 6.45) is 5.69. The highest BCUT2D eigenvalue weighted by molar-refractivity contribution is 7.16. The summed E-state index contributed by atoms with van der Waals surface area (Å²) in [5.41, 5.74) is 2.89. The number of hydrogen-bond donors (Lipinski definition) is 2. The van der Waals surface area contributed by atoms with Crippen LogP contribution in [0.4, 0.5) is 0 Å². The topological polar surface area (TPSA) is 74.3 Å². The first-order valence-corrected chi connectivity index (χ1v) is 12.4. The van der Waals surface area contributed by atoms with E-state index in [0.717, 1.165) is 55.9 Å². The number of benzene rings is 2. The average molecular weight is 461 g/mol. The number of nitrogens with one attached hydrogen (secondary N) is 2. The Kier molecular flexibility index (Phi) is 6.51. The van der Waals surface area contributed by atoms with E-state index in [0.29, 0.717) is 16.5 Å². The lowest BCUT2D eigenvalue weighted by Gasteiger charge is -2.32. The molecule has 1 saturated heterocycles. The van der Waals surface area contributed by atoms with Crippen LogP contribution in [-0.4, -0.2) is 46.9 Å². The van der Waals surface area contributed by atoms with Gasteiger partial charge in [0, 0.05) is 42.8 Å². The summed E-state index contributed by atoms with van der Waals surface area (Å²) in [6, 6.07) is 18.5. The SMILES string of the molecule is O=C(NC1CC1)c1ccc(-c2ncc(C(=O)NC3CCN(Cc4ccccc4)CC3)s2)cc1. The van der Waals surface area contributed by atoms with Gasteiger partial charge in [0.15, 0.2) is 0 Å². The Morgan fingerprint density at radius 1 is 0.879 bits per heavy atom. The van der Waals surface area contributed by atoms with Crippen molar-refractivity contribution in [1.82, 2.24) is 20.5 Å². The molecule has 0 unspecified atom stereocenters. The normalized spacial score (nSPS) is 17.0. The highest BCUT2D eigenvalue weighted by atomic mass is 32.1. The lowest BCUT2D eigenvalue weighted by molar-refractivity contribution is 0.0911. The first kappa shape index (κ1) is 21.8. The molecule has 0 bridgehead atoms. The van der Waals surface area contributed by atoms with Gasteiger partial charge in [-0.15, -0.1) is 11.3 Å². The molecule has 5 rings (SSSR count). The van der Waals surface area contributed by atoms with Crippen molar-refractivity contribution in [3.05, 3.63) is 76.8 Å². The molecular weight excluding hydrogens is 432 g/mol. The molecule has 2 N–H and O–H groups in total. The third kappa shape index (κ3) is 5.67. The molecule has 1 saturated carbocycles. The van der Waals surface area contributed by atoms with Gasteiger partial charge in [-0.3, -0.25) is 14.5 Å². The predicted molar refractivity (Wildman–Crippen MR) is 130 cm³/mol. The Labute approximate surface area is 198 Å². The fourth-order valence-corrected chi connectivity index (χ4v) is 4.93. The number of amides is 2. The first-order chi connectivity index (χ1) is 16.1. The zero-order valence-corrected chi connectivity index (χ0v) is 19.3. The van der Waals surface area contributed by atoms with Crippen LogP contribution >= 0.6 is 11.3 Å². The summed E-state index contributed by atoms with van der Waals surface area (Å²) in [4.78, 5) is 32.4. The molecule has 2 fully saturated rings. The van der Waals surface area contributed by atoms with E-state index in [1.54, 1.807) is 6.20 Å². The molecule has 2 amide bonds. The van der Waals surface area contributed by atoms with Crippen LogP contribution in [0.1, 0.15) is 51.3 Å². The van der Waals surface area contributed by atoms with Crippen LogP contribution in [0.2, 0.25) is 0 Å². The van der Waals surface area contributed by atoms with Crippen LogP contribution in [0.5, 0.6) is 0 Å². The fourth-order valence-electron chi connectivity index (χ4n) is 4.11. The number of carbonyl (C=O) groups excluding carboxylic acids is 2. The molecule has 0 radical (unpaired) electrons. The molecule has 6 nitrogen and oxygen atoms in total. The summed E-state index contributed by atoms with van der Waals surface area (Å²) in [7, 11) is 0. The molecule has 0 spiro atoms. The molecule has 33 heavy (non-hydrogen) atoms. The number of thiazole rings is 1. The van der Waals surface area contributed by atoms with Gasteiger partial charge in [0.05, 0.1) is 6.20 Å². The fraction of sp³-hybridized carbons (Fsp3) is 0.346. The van der Waals surface area contributed by atoms with Crippen LogP contribution in [0, 0.1) is 0 Å². The minimum atomic E-state index is -0.0549. The number of hydrogen-bond acceptors (Lipinski definition) is 5. The van der Waals surface area contributed by atoms with Gasteiger partial charge in [-0.25, -0.2) is 4.98 Å². The van der Waals surface area contributed by atoms with Gasteiger partial charge in [-0.2, -0.15) is 0 Å². The Morgan fingerprint density at radius 3 is 2.24 bits per heavy atom. The third-order valence-corrected chi connectivity index (χ3v) is 7.25. The van der Waals surface area contributed by atoms with Crippen LogP contribution in [0.25, 0.3) is 10.6 Å². The summed E-state index contributed by atoms with van der Waals surface area (Å²) in [5, 5.41) is 6.96. The molecular formula is C26H28N4O2S. The number of likely N-dealkylation sites (tertiary alicyclic amines) is 1. The maximum atomic E-state index is 12.8. The molecule has 1 aliphatic carbocycles. The van der Waals surface area contributed by atoms with E-state index in [2.05, 4.69) is 44.8 Å². The monoisotopic (exact) mass is 460 g/mol. The molecule has 1 aromatic heterocycles. The zero-order valence-electron chi connectivity index (χ0n) is 18.5. The Hall–Kier alpha value is -3.03. The van der Waals surface area contributed by atoms with E-state index in [9.17, 15) is 9.59 Å². The summed E-state index contributed by atoms with van der Waals surface area (Å²) >= 11 is 1.39. The van der Waals surface area contributed by atoms with Crippen molar-refractivity contribution in [2.75, 3.05) is 13.1 Å². The predicted octanol–water partition coefficient (Wildman–Crippen LogP) is 4.10. The Morgan fingerprint density at radius 2 is 1.55 bits per heavy atom. The van der Waals surface area contributed by atoms with Gasteiger partial charge < -0.3 is 10.6 Å². The number of piperidine rings is 1. The number of aromatic nitrogens is 1. The van der Waals surface area contributed by atoms with Crippen LogP contribution in [0.15, 0.2) is 60.8 Å². The Bertz CT molecular complexity index is 1100. The number of carbonyl (C=O) groups is 2. The zero-order chi connectivity index (χ0) is 22.6. The van der Waals surface area contributed by atoms with Gasteiger partial charge in [-0.1, -0.05) is 42.5 Å². The minimum Gasteiger partial charge on any atom is -0.349 e. The smallest absolute Gasteiger partial charge is 0.263 e. The molecule has 7 heteroatoms. The van der Waals surface area contributed by atoms with Crippen molar-refractivity contribution in [3.8, 4) is 10.6 Å². The summed E-state index contributed by atoms with van der Waals surface area (Å²) in [5.74, 6) is -0.0845. The first-order valence-electron chi connectivity index (χ1n) is 11.6. The van der Waals surface area contributed by atoms with Crippen molar-refractivity contribution in [2.45, 2.75) is 44.3 Å². The van der Waals surface area contributed by atoms with Crippen LogP contribution in [-0.2, 0) is 6.54 Å². The molecule has 170 valence electrons. The summed E-state index contributed by atoms with van der Waals surface area (Å²) < 4.78 is 0. The molecule has 0 atom stereocenters. The molecule has 1 aliphatic heterocycles. The quantitative estimate of drug-likeness (QED) is 0.557. The minimum absolute atomic E-state index is 0.0296. The molecule has 3 aromatic rings. The second kappa shape index (κ2) is 9.85. The van der Waals surface area contributed by atoms with Gasteiger partial charge in [0.2, 0.25) is 0 Å². The number of nitrogens with zero attached hydrogens (tertiary/aromatic N) is 2. The second-order valence-electron chi connectivity index (χ2n) is 8.86. The van der Waals surface area contributed by atoms with Crippen molar-refractivity contribution < 1.29 is 9.59 Å². The second-order valence-corrected chi connectivity index (χ2v) is 9.89. The lowest BCUT2D eigenvalue weighted by Crippen LogP contribution is -2.44. The highest BCUT2D eigenvalue weighted by Gasteiger charge is 2.24. The van der Waals surface area contributed by atoms with Crippen LogP contribution < -0.4 is 10.6 Å². The van der Waals surface area contributed by atoms with Gasteiger partial charge in [0.25, 0.3) is 11.8 Å². The molecule has 2 heterocycles. The van der Waals surface area contributed by atoms with E-state index in [4.69, 9.17) is 0 Å². The van der Waals surface area contributed by atoms with E-state index in [1.807, 2.05) is 30.3 Å². The van der Waals surface area contributed by atoms with E-state index < -0.39 is 0 Å². The average Bonchev–Trinajstić information content (AvgIpc) is 3.52. The largest absolute Gasteiger partial charge is 0.349 e. The van der Waals surface area contributed by atoms with Gasteiger partial charge in [-0.05, 0) is 43.4 Å². The van der Waals surface area contributed by atoms with E-state index in [-0.39, 0.29) is 17.9 Å². The van der Waals surface area contributed by atoms with Gasteiger partial charge >= 0.3 is 0 Å². The Balaban J connectivity index is 1.12. The standard InChI is InChI=1S/C26H28N4O2S/c31-24(28-21-10-11-21)19-6-8-20(9-7-19)26-27-16-23(33-26)25(32)29-22-12-14-30(15-13-22)17-18-4-2-1-3-5-18/h1-9,16,21-22H,10-15,17H2,(H,28,31)(H,29,32).